The summed E-state index contributed by atoms with van der Waals surface area (Å²) in [6, 6.07) is -1.34. The minimum Gasteiger partial charge on any atom is -0.388 e. The van der Waals surface area contributed by atoms with Crippen LogP contribution in [0, 0.1) is 5.82 Å². The Morgan fingerprint density at radius 1 is 1.10 bits per heavy atom. The van der Waals surface area contributed by atoms with E-state index in [4.69, 9.17) is 5.73 Å². The number of hydrogen-bond acceptors (Lipinski definition) is 2. The molecule has 122 valence electrons. The van der Waals surface area contributed by atoms with Crippen LogP contribution in [0.2, 0.25) is 0 Å². The summed E-state index contributed by atoms with van der Waals surface area (Å²) in [6.45, 7) is 0. The van der Waals surface area contributed by atoms with Crippen molar-refractivity contribution in [3.8, 4) is 0 Å². The first-order chi connectivity index (χ1) is 8.93. The Balaban J connectivity index is 0.00000400. The van der Waals surface area contributed by atoms with Gasteiger partial charge in [0.25, 0.3) is 0 Å². The lowest BCUT2D eigenvalue weighted by Crippen LogP contribution is -2.38. The van der Waals surface area contributed by atoms with Gasteiger partial charge in [-0.05, 0) is 18.2 Å². The van der Waals surface area contributed by atoms with Gasteiger partial charge >= 0.3 is 12.4 Å². The second-order valence-corrected chi connectivity index (χ2v) is 4.13. The summed E-state index contributed by atoms with van der Waals surface area (Å²) in [6.07, 6.45) is -12.9. The van der Waals surface area contributed by atoms with Gasteiger partial charge in [-0.1, -0.05) is 0 Å². The molecular formula is C11H11ClF7NO. The largest absolute Gasteiger partial charge is 0.416 e. The minimum absolute atomic E-state index is 0. The number of halogens is 8. The zero-order chi connectivity index (χ0) is 15.7. The molecule has 2 atom stereocenters. The molecule has 0 aliphatic carbocycles. The maximum atomic E-state index is 13.3. The fraction of sp³-hybridized carbons (Fsp3) is 0.455. The highest BCUT2D eigenvalue weighted by Crippen LogP contribution is 2.33. The molecule has 0 radical (unpaired) electrons. The normalized spacial score (nSPS) is 15.3. The van der Waals surface area contributed by atoms with Crippen LogP contribution in [0.3, 0.4) is 0 Å². The summed E-state index contributed by atoms with van der Waals surface area (Å²) in [5, 5.41) is 9.44. The Kier molecular flexibility index (Phi) is 6.46. The molecule has 3 N–H and O–H groups in total. The zero-order valence-corrected chi connectivity index (χ0v) is 11.0. The first-order valence-corrected chi connectivity index (χ1v) is 5.30. The highest BCUT2D eigenvalue weighted by Gasteiger charge is 2.39. The number of nitrogens with two attached hydrogens (primary N) is 1. The molecule has 1 aromatic rings. The lowest BCUT2D eigenvalue weighted by atomic mass is 9.99. The van der Waals surface area contributed by atoms with Crippen LogP contribution in [0.1, 0.15) is 23.7 Å². The van der Waals surface area contributed by atoms with Crippen molar-refractivity contribution in [1.29, 1.82) is 0 Å². The van der Waals surface area contributed by atoms with Gasteiger partial charge in [0.2, 0.25) is 0 Å². The van der Waals surface area contributed by atoms with E-state index in [1.165, 1.54) is 0 Å². The maximum Gasteiger partial charge on any atom is 0.416 e. The van der Waals surface area contributed by atoms with Crippen LogP contribution < -0.4 is 5.73 Å². The standard InChI is InChI=1S/C11H10F7NO.ClH/c12-7-2-1-5(10(13,14)15)3-6(7)8(20)4-9(19)11(16,17)18;/h1-3,8-9,20H,4,19H2;1H/t8-,9+;/m1./s1. The summed E-state index contributed by atoms with van der Waals surface area (Å²) in [5.74, 6) is -1.24. The lowest BCUT2D eigenvalue weighted by molar-refractivity contribution is -0.154. The van der Waals surface area contributed by atoms with E-state index in [1.54, 1.807) is 0 Å². The monoisotopic (exact) mass is 341 g/mol. The number of alkyl halides is 6. The van der Waals surface area contributed by atoms with Crippen molar-refractivity contribution in [3.63, 3.8) is 0 Å². The number of hydrogen-bond donors (Lipinski definition) is 2. The molecule has 0 spiro atoms. The van der Waals surface area contributed by atoms with E-state index < -0.39 is 47.9 Å². The van der Waals surface area contributed by atoms with E-state index in [0.717, 1.165) is 0 Å². The maximum absolute atomic E-state index is 13.3. The summed E-state index contributed by atoms with van der Waals surface area (Å²) in [4.78, 5) is 0. The van der Waals surface area contributed by atoms with Crippen molar-refractivity contribution >= 4 is 12.4 Å². The van der Waals surface area contributed by atoms with Gasteiger partial charge in [-0.3, -0.25) is 0 Å². The average Bonchev–Trinajstić information content (AvgIpc) is 2.26. The van der Waals surface area contributed by atoms with Crippen molar-refractivity contribution in [2.24, 2.45) is 5.73 Å². The first kappa shape index (κ1) is 19.9. The molecule has 0 saturated carbocycles. The molecule has 0 heterocycles. The molecule has 2 nitrogen and oxygen atoms in total. The molecule has 0 aliphatic heterocycles. The van der Waals surface area contributed by atoms with E-state index in [1.807, 2.05) is 0 Å². The van der Waals surface area contributed by atoms with Crippen molar-refractivity contribution < 1.29 is 35.8 Å². The fourth-order valence-electron chi connectivity index (χ4n) is 1.48. The summed E-state index contributed by atoms with van der Waals surface area (Å²) < 4.78 is 87.1. The zero-order valence-electron chi connectivity index (χ0n) is 10.2. The quantitative estimate of drug-likeness (QED) is 0.826. The Hall–Kier alpha value is -1.06. The third-order valence-electron chi connectivity index (χ3n) is 2.58. The molecule has 1 aromatic carbocycles. The van der Waals surface area contributed by atoms with Crippen LogP contribution in [0.5, 0.6) is 0 Å². The fourth-order valence-corrected chi connectivity index (χ4v) is 1.48. The Bertz CT molecular complexity index is 475. The number of rotatable bonds is 3. The molecule has 0 amide bonds. The van der Waals surface area contributed by atoms with Gasteiger partial charge < -0.3 is 10.8 Å². The topological polar surface area (TPSA) is 46.2 Å². The molecular weight excluding hydrogens is 331 g/mol. The van der Waals surface area contributed by atoms with Gasteiger partial charge in [0, 0.05) is 12.0 Å². The van der Waals surface area contributed by atoms with Crippen LogP contribution in [0.25, 0.3) is 0 Å². The molecule has 1 rings (SSSR count). The summed E-state index contributed by atoms with van der Waals surface area (Å²) in [5.41, 5.74) is 2.59. The highest BCUT2D eigenvalue weighted by molar-refractivity contribution is 5.85. The SMILES string of the molecule is Cl.N[C@@H](C[C@@H](O)c1cc(C(F)(F)F)ccc1F)C(F)(F)F. The first-order valence-electron chi connectivity index (χ1n) is 5.30. The van der Waals surface area contributed by atoms with E-state index in [2.05, 4.69) is 0 Å². The van der Waals surface area contributed by atoms with E-state index in [-0.39, 0.29) is 18.5 Å². The van der Waals surface area contributed by atoms with Crippen molar-refractivity contribution in [2.45, 2.75) is 30.9 Å². The Morgan fingerprint density at radius 3 is 2.05 bits per heavy atom. The van der Waals surface area contributed by atoms with E-state index in [0.29, 0.717) is 12.1 Å². The van der Waals surface area contributed by atoms with E-state index in [9.17, 15) is 35.8 Å². The predicted molar refractivity (Wildman–Crippen MR) is 62.3 cm³/mol. The molecule has 10 heteroatoms. The van der Waals surface area contributed by atoms with Gasteiger partial charge in [-0.25, -0.2) is 4.39 Å². The van der Waals surface area contributed by atoms with Gasteiger partial charge in [0.15, 0.2) is 0 Å². The van der Waals surface area contributed by atoms with Crippen LogP contribution >= 0.6 is 12.4 Å². The van der Waals surface area contributed by atoms with Crippen LogP contribution in [0.4, 0.5) is 30.7 Å². The van der Waals surface area contributed by atoms with Gasteiger partial charge in [0.1, 0.15) is 11.9 Å². The molecule has 0 unspecified atom stereocenters. The molecule has 0 fully saturated rings. The Labute approximate surface area is 121 Å². The predicted octanol–water partition coefficient (Wildman–Crippen LogP) is 3.58. The molecule has 0 aliphatic rings. The number of benzene rings is 1. The third-order valence-corrected chi connectivity index (χ3v) is 2.58. The smallest absolute Gasteiger partial charge is 0.388 e. The Morgan fingerprint density at radius 2 is 1.62 bits per heavy atom. The molecule has 0 bridgehead atoms. The van der Waals surface area contributed by atoms with Crippen molar-refractivity contribution in [2.75, 3.05) is 0 Å². The minimum atomic E-state index is -4.83. The summed E-state index contributed by atoms with van der Waals surface area (Å²) in [7, 11) is 0. The van der Waals surface area contributed by atoms with Crippen molar-refractivity contribution in [3.05, 3.63) is 35.1 Å². The molecule has 21 heavy (non-hydrogen) atoms. The number of aliphatic hydroxyl groups is 1. The second kappa shape index (κ2) is 6.80. The highest BCUT2D eigenvalue weighted by atomic mass is 35.5. The average molecular weight is 342 g/mol. The summed E-state index contributed by atoms with van der Waals surface area (Å²) >= 11 is 0. The van der Waals surface area contributed by atoms with Gasteiger partial charge in [0.05, 0.1) is 11.7 Å². The van der Waals surface area contributed by atoms with E-state index >= 15 is 0 Å². The van der Waals surface area contributed by atoms with Gasteiger partial charge in [-0.2, -0.15) is 26.3 Å². The van der Waals surface area contributed by atoms with Gasteiger partial charge in [-0.15, -0.1) is 12.4 Å². The number of aliphatic hydroxyl groups excluding tert-OH is 1. The van der Waals surface area contributed by atoms with Crippen LogP contribution in [-0.2, 0) is 6.18 Å². The van der Waals surface area contributed by atoms with Crippen LogP contribution in [-0.4, -0.2) is 17.3 Å². The second-order valence-electron chi connectivity index (χ2n) is 4.13. The lowest BCUT2D eigenvalue weighted by Gasteiger charge is -2.20. The van der Waals surface area contributed by atoms with Crippen LogP contribution in [0.15, 0.2) is 18.2 Å². The van der Waals surface area contributed by atoms with Crippen molar-refractivity contribution in [1.82, 2.24) is 0 Å². The molecule has 0 aromatic heterocycles. The molecule has 0 saturated heterocycles. The third kappa shape index (κ3) is 5.33.